The summed E-state index contributed by atoms with van der Waals surface area (Å²) in [4.78, 5) is 10.8. The predicted molar refractivity (Wildman–Crippen MR) is 79.5 cm³/mol. The highest BCUT2D eigenvalue weighted by Crippen LogP contribution is 2.37. The van der Waals surface area contributed by atoms with Gasteiger partial charge in [-0.3, -0.25) is 4.79 Å². The van der Waals surface area contributed by atoms with Gasteiger partial charge in [-0.05, 0) is 42.4 Å². The SMILES string of the molecule is CC1(C)CCC(NS(=O)(=O)c2ccc(CC(=O)O)cc2)C1. The van der Waals surface area contributed by atoms with Gasteiger partial charge in [0.25, 0.3) is 0 Å². The summed E-state index contributed by atoms with van der Waals surface area (Å²) >= 11 is 0. The van der Waals surface area contributed by atoms with Crippen molar-refractivity contribution in [2.24, 2.45) is 5.41 Å². The van der Waals surface area contributed by atoms with E-state index in [1.807, 2.05) is 0 Å². The molecular formula is C15H21NO4S. The fraction of sp³-hybridized carbons (Fsp3) is 0.533. The number of sulfonamides is 1. The summed E-state index contributed by atoms with van der Waals surface area (Å²) in [6.07, 6.45) is 2.59. The van der Waals surface area contributed by atoms with E-state index in [1.165, 1.54) is 12.1 Å². The number of nitrogens with one attached hydrogen (secondary N) is 1. The van der Waals surface area contributed by atoms with Gasteiger partial charge in [0.15, 0.2) is 0 Å². The molecule has 1 unspecified atom stereocenters. The Hall–Kier alpha value is -1.40. The molecule has 1 aromatic rings. The third-order valence-electron chi connectivity index (χ3n) is 3.88. The first kappa shape index (κ1) is 16.0. The van der Waals surface area contributed by atoms with Crippen LogP contribution in [0.1, 0.15) is 38.7 Å². The molecule has 0 heterocycles. The standard InChI is InChI=1S/C15H21NO4S/c1-15(2)8-7-12(10-15)16-21(19,20)13-5-3-11(4-6-13)9-14(17)18/h3-6,12,16H,7-10H2,1-2H3,(H,17,18). The molecule has 1 fully saturated rings. The Labute approximate surface area is 125 Å². The Morgan fingerprint density at radius 1 is 1.33 bits per heavy atom. The van der Waals surface area contributed by atoms with Crippen molar-refractivity contribution in [3.63, 3.8) is 0 Å². The van der Waals surface area contributed by atoms with Crippen LogP contribution in [0, 0.1) is 5.41 Å². The number of carboxylic acids is 1. The molecule has 1 atom stereocenters. The number of hydrogen-bond acceptors (Lipinski definition) is 3. The summed E-state index contributed by atoms with van der Waals surface area (Å²) in [7, 11) is -3.54. The van der Waals surface area contributed by atoms with Crippen molar-refractivity contribution in [3.8, 4) is 0 Å². The second-order valence-electron chi connectivity index (χ2n) is 6.44. The summed E-state index contributed by atoms with van der Waals surface area (Å²) in [6.45, 7) is 4.28. The number of carboxylic acid groups (broad SMARTS) is 1. The van der Waals surface area contributed by atoms with Crippen LogP contribution in [0.5, 0.6) is 0 Å². The van der Waals surface area contributed by atoms with Gasteiger partial charge >= 0.3 is 5.97 Å². The maximum atomic E-state index is 12.3. The van der Waals surface area contributed by atoms with Crippen LogP contribution < -0.4 is 4.72 Å². The highest BCUT2D eigenvalue weighted by molar-refractivity contribution is 7.89. The van der Waals surface area contributed by atoms with Crippen LogP contribution in [-0.2, 0) is 21.2 Å². The first-order valence-electron chi connectivity index (χ1n) is 7.01. The Kier molecular flexibility index (Phi) is 4.39. The number of aliphatic carboxylic acids is 1. The molecular weight excluding hydrogens is 290 g/mol. The second-order valence-corrected chi connectivity index (χ2v) is 8.15. The van der Waals surface area contributed by atoms with E-state index in [9.17, 15) is 13.2 Å². The monoisotopic (exact) mass is 311 g/mol. The molecule has 1 aromatic carbocycles. The van der Waals surface area contributed by atoms with Gasteiger partial charge < -0.3 is 5.11 Å². The highest BCUT2D eigenvalue weighted by Gasteiger charge is 2.33. The molecule has 2 N–H and O–H groups in total. The van der Waals surface area contributed by atoms with Crippen molar-refractivity contribution in [2.45, 2.75) is 50.5 Å². The highest BCUT2D eigenvalue weighted by atomic mass is 32.2. The zero-order chi connectivity index (χ0) is 15.7. The summed E-state index contributed by atoms with van der Waals surface area (Å²) < 4.78 is 27.4. The fourth-order valence-corrected chi connectivity index (χ4v) is 4.06. The Morgan fingerprint density at radius 3 is 2.43 bits per heavy atom. The van der Waals surface area contributed by atoms with Crippen LogP contribution in [0.3, 0.4) is 0 Å². The number of benzene rings is 1. The molecule has 116 valence electrons. The molecule has 5 nitrogen and oxygen atoms in total. The molecule has 0 spiro atoms. The topological polar surface area (TPSA) is 83.5 Å². The van der Waals surface area contributed by atoms with E-state index in [4.69, 9.17) is 5.11 Å². The largest absolute Gasteiger partial charge is 0.481 e. The zero-order valence-electron chi connectivity index (χ0n) is 12.3. The van der Waals surface area contributed by atoms with E-state index in [-0.39, 0.29) is 22.8 Å². The molecule has 0 aromatic heterocycles. The third-order valence-corrected chi connectivity index (χ3v) is 5.42. The average molecular weight is 311 g/mol. The summed E-state index contributed by atoms with van der Waals surface area (Å²) in [5.41, 5.74) is 0.766. The minimum Gasteiger partial charge on any atom is -0.481 e. The zero-order valence-corrected chi connectivity index (χ0v) is 13.1. The van der Waals surface area contributed by atoms with Gasteiger partial charge in [-0.1, -0.05) is 26.0 Å². The van der Waals surface area contributed by atoms with Crippen LogP contribution in [0.2, 0.25) is 0 Å². The van der Waals surface area contributed by atoms with E-state index < -0.39 is 16.0 Å². The Bertz CT molecular complexity index is 620. The van der Waals surface area contributed by atoms with Crippen LogP contribution in [0.4, 0.5) is 0 Å². The van der Waals surface area contributed by atoms with Gasteiger partial charge in [0.05, 0.1) is 11.3 Å². The van der Waals surface area contributed by atoms with E-state index in [0.717, 1.165) is 19.3 Å². The molecule has 1 aliphatic carbocycles. The van der Waals surface area contributed by atoms with E-state index >= 15 is 0 Å². The van der Waals surface area contributed by atoms with E-state index in [0.29, 0.717) is 5.56 Å². The van der Waals surface area contributed by atoms with Gasteiger partial charge in [0, 0.05) is 6.04 Å². The second kappa shape index (κ2) is 5.77. The number of rotatable bonds is 5. The van der Waals surface area contributed by atoms with E-state index in [2.05, 4.69) is 18.6 Å². The lowest BCUT2D eigenvalue weighted by Gasteiger charge is -2.18. The fourth-order valence-electron chi connectivity index (χ4n) is 2.79. The minimum atomic E-state index is -3.54. The van der Waals surface area contributed by atoms with Gasteiger partial charge in [0.1, 0.15) is 0 Å². The maximum absolute atomic E-state index is 12.3. The molecule has 21 heavy (non-hydrogen) atoms. The smallest absolute Gasteiger partial charge is 0.307 e. The maximum Gasteiger partial charge on any atom is 0.307 e. The normalized spacial score (nSPS) is 21.3. The summed E-state index contributed by atoms with van der Waals surface area (Å²) in [6, 6.07) is 5.98. The van der Waals surface area contributed by atoms with Crippen molar-refractivity contribution >= 4 is 16.0 Å². The van der Waals surface area contributed by atoms with Gasteiger partial charge in [-0.15, -0.1) is 0 Å². The predicted octanol–water partition coefficient (Wildman–Crippen LogP) is 2.17. The van der Waals surface area contributed by atoms with Gasteiger partial charge in [-0.25, -0.2) is 13.1 Å². The Morgan fingerprint density at radius 2 is 1.95 bits per heavy atom. The molecule has 1 aliphatic rings. The lowest BCUT2D eigenvalue weighted by molar-refractivity contribution is -0.136. The molecule has 6 heteroatoms. The number of hydrogen-bond donors (Lipinski definition) is 2. The number of carbonyl (C=O) groups is 1. The minimum absolute atomic E-state index is 0.0244. The van der Waals surface area contributed by atoms with Crippen molar-refractivity contribution in [2.75, 3.05) is 0 Å². The first-order valence-corrected chi connectivity index (χ1v) is 8.49. The van der Waals surface area contributed by atoms with Gasteiger partial charge in [0.2, 0.25) is 10.0 Å². The lowest BCUT2D eigenvalue weighted by Crippen LogP contribution is -2.33. The molecule has 0 aliphatic heterocycles. The molecule has 0 amide bonds. The van der Waals surface area contributed by atoms with Gasteiger partial charge in [-0.2, -0.15) is 0 Å². The molecule has 2 rings (SSSR count). The average Bonchev–Trinajstić information content (AvgIpc) is 2.67. The molecule has 0 radical (unpaired) electrons. The summed E-state index contributed by atoms with van der Waals surface area (Å²) in [5.74, 6) is -0.933. The Balaban J connectivity index is 2.07. The van der Waals surface area contributed by atoms with Crippen LogP contribution >= 0.6 is 0 Å². The van der Waals surface area contributed by atoms with E-state index in [1.54, 1.807) is 12.1 Å². The molecule has 0 saturated heterocycles. The van der Waals surface area contributed by atoms with Crippen LogP contribution in [-0.4, -0.2) is 25.5 Å². The first-order chi connectivity index (χ1) is 9.68. The third kappa shape index (κ3) is 4.28. The molecule has 1 saturated carbocycles. The van der Waals surface area contributed by atoms with Crippen molar-refractivity contribution in [1.82, 2.24) is 4.72 Å². The van der Waals surface area contributed by atoms with Crippen molar-refractivity contribution in [3.05, 3.63) is 29.8 Å². The quantitative estimate of drug-likeness (QED) is 0.873. The molecule has 0 bridgehead atoms. The lowest BCUT2D eigenvalue weighted by atomic mass is 9.92. The van der Waals surface area contributed by atoms with Crippen LogP contribution in [0.15, 0.2) is 29.2 Å². The van der Waals surface area contributed by atoms with Crippen molar-refractivity contribution < 1.29 is 18.3 Å². The van der Waals surface area contributed by atoms with Crippen LogP contribution in [0.25, 0.3) is 0 Å². The summed E-state index contributed by atoms with van der Waals surface area (Å²) in [5, 5.41) is 8.70. The van der Waals surface area contributed by atoms with Crippen molar-refractivity contribution in [1.29, 1.82) is 0 Å².